The van der Waals surface area contributed by atoms with E-state index in [2.05, 4.69) is 51.0 Å². The number of piperidine rings is 1. The minimum atomic E-state index is 0.483. The standard InChI is InChI=1S/C23H30N6/c1-4-29-18(3)20(13-25-29)16-28-12-6-8-19(15-28)22-11-10-21(14-24-22)27-23-9-5-7-17(2)26-23/h5,7,9-11,13-14,19H,4,6,8,12,15-16H2,1-3H3,(H,26,27). The maximum atomic E-state index is 4.76. The molecule has 0 saturated carbocycles. The zero-order valence-electron chi connectivity index (χ0n) is 17.6. The molecule has 1 aliphatic heterocycles. The molecule has 1 N–H and O–H groups in total. The van der Waals surface area contributed by atoms with Gasteiger partial charge < -0.3 is 5.32 Å². The summed E-state index contributed by atoms with van der Waals surface area (Å²) < 4.78 is 2.08. The fourth-order valence-corrected chi connectivity index (χ4v) is 4.12. The van der Waals surface area contributed by atoms with E-state index in [4.69, 9.17) is 4.98 Å². The Kier molecular flexibility index (Phi) is 5.90. The van der Waals surface area contributed by atoms with Crippen molar-refractivity contribution in [1.82, 2.24) is 24.6 Å². The molecule has 4 rings (SSSR count). The van der Waals surface area contributed by atoms with Gasteiger partial charge in [0.25, 0.3) is 0 Å². The van der Waals surface area contributed by atoms with Gasteiger partial charge in [0.1, 0.15) is 5.82 Å². The van der Waals surface area contributed by atoms with Crippen LogP contribution in [0.15, 0.2) is 42.7 Å². The number of rotatable bonds is 6. The molecule has 3 aromatic heterocycles. The summed E-state index contributed by atoms with van der Waals surface area (Å²) in [5, 5.41) is 7.83. The number of nitrogens with one attached hydrogen (secondary N) is 1. The highest BCUT2D eigenvalue weighted by atomic mass is 15.3. The molecule has 1 atom stereocenters. The number of hydrogen-bond donors (Lipinski definition) is 1. The van der Waals surface area contributed by atoms with Crippen molar-refractivity contribution < 1.29 is 0 Å². The fraction of sp³-hybridized carbons (Fsp3) is 0.435. The lowest BCUT2D eigenvalue weighted by atomic mass is 9.94. The predicted molar refractivity (Wildman–Crippen MR) is 116 cm³/mol. The number of likely N-dealkylation sites (tertiary alicyclic amines) is 1. The van der Waals surface area contributed by atoms with Crippen LogP contribution in [0.3, 0.4) is 0 Å². The second-order valence-electron chi connectivity index (χ2n) is 7.91. The van der Waals surface area contributed by atoms with Crippen molar-refractivity contribution in [3.8, 4) is 0 Å². The molecule has 0 aromatic carbocycles. The third-order valence-corrected chi connectivity index (χ3v) is 5.77. The Morgan fingerprint density at radius 2 is 2.03 bits per heavy atom. The summed E-state index contributed by atoms with van der Waals surface area (Å²) in [6.07, 6.45) is 6.36. The SMILES string of the molecule is CCn1ncc(CN2CCCC(c3ccc(Nc4cccc(C)n4)cn3)C2)c1C. The maximum Gasteiger partial charge on any atom is 0.130 e. The van der Waals surface area contributed by atoms with Gasteiger partial charge in [-0.2, -0.15) is 5.10 Å². The van der Waals surface area contributed by atoms with Crippen LogP contribution in [0.5, 0.6) is 0 Å². The summed E-state index contributed by atoms with van der Waals surface area (Å²) in [5.41, 5.74) is 5.78. The normalized spacial score (nSPS) is 17.4. The van der Waals surface area contributed by atoms with Crippen LogP contribution < -0.4 is 5.32 Å². The van der Waals surface area contributed by atoms with Crippen LogP contribution >= 0.6 is 0 Å². The van der Waals surface area contributed by atoms with Crippen molar-refractivity contribution in [1.29, 1.82) is 0 Å². The molecule has 29 heavy (non-hydrogen) atoms. The number of hydrogen-bond acceptors (Lipinski definition) is 5. The Balaban J connectivity index is 1.39. The van der Waals surface area contributed by atoms with Gasteiger partial charge >= 0.3 is 0 Å². The van der Waals surface area contributed by atoms with Gasteiger partial charge in [-0.1, -0.05) is 6.07 Å². The lowest BCUT2D eigenvalue weighted by molar-refractivity contribution is 0.198. The molecule has 0 radical (unpaired) electrons. The quantitative estimate of drug-likeness (QED) is 0.675. The van der Waals surface area contributed by atoms with E-state index in [0.717, 1.165) is 43.4 Å². The van der Waals surface area contributed by atoms with E-state index in [1.165, 1.54) is 29.8 Å². The zero-order chi connectivity index (χ0) is 20.2. The third-order valence-electron chi connectivity index (χ3n) is 5.77. The lowest BCUT2D eigenvalue weighted by Gasteiger charge is -2.32. The predicted octanol–water partition coefficient (Wildman–Crippen LogP) is 4.43. The van der Waals surface area contributed by atoms with Crippen molar-refractivity contribution in [2.45, 2.75) is 52.6 Å². The van der Waals surface area contributed by atoms with E-state index in [9.17, 15) is 0 Å². The fourth-order valence-electron chi connectivity index (χ4n) is 4.12. The number of anilines is 2. The number of nitrogens with zero attached hydrogens (tertiary/aromatic N) is 5. The van der Waals surface area contributed by atoms with Crippen LogP contribution in [-0.2, 0) is 13.1 Å². The molecule has 4 heterocycles. The van der Waals surface area contributed by atoms with Gasteiger partial charge in [-0.25, -0.2) is 4.98 Å². The topological polar surface area (TPSA) is 58.9 Å². The Bertz CT molecular complexity index is 946. The van der Waals surface area contributed by atoms with Crippen molar-refractivity contribution in [3.05, 3.63) is 65.4 Å². The summed E-state index contributed by atoms with van der Waals surface area (Å²) in [6, 6.07) is 10.3. The van der Waals surface area contributed by atoms with Crippen LogP contribution in [0.25, 0.3) is 0 Å². The van der Waals surface area contributed by atoms with Crippen molar-refractivity contribution in [2.75, 3.05) is 18.4 Å². The lowest BCUT2D eigenvalue weighted by Crippen LogP contribution is -2.34. The molecule has 0 spiro atoms. The minimum Gasteiger partial charge on any atom is -0.339 e. The molecule has 6 heteroatoms. The highest BCUT2D eigenvalue weighted by molar-refractivity contribution is 5.55. The van der Waals surface area contributed by atoms with Crippen LogP contribution in [-0.4, -0.2) is 37.7 Å². The zero-order valence-corrected chi connectivity index (χ0v) is 17.6. The smallest absolute Gasteiger partial charge is 0.130 e. The van der Waals surface area contributed by atoms with Crippen LogP contribution in [0.1, 0.15) is 48.3 Å². The molecule has 0 aliphatic carbocycles. The van der Waals surface area contributed by atoms with Crippen molar-refractivity contribution in [2.24, 2.45) is 0 Å². The van der Waals surface area contributed by atoms with E-state index in [1.54, 1.807) is 0 Å². The summed E-state index contributed by atoms with van der Waals surface area (Å²) >= 11 is 0. The van der Waals surface area contributed by atoms with Gasteiger partial charge in [-0.15, -0.1) is 0 Å². The Morgan fingerprint density at radius 3 is 2.76 bits per heavy atom. The molecule has 152 valence electrons. The molecule has 1 saturated heterocycles. The van der Waals surface area contributed by atoms with Gasteiger partial charge in [0.2, 0.25) is 0 Å². The van der Waals surface area contributed by atoms with Gasteiger partial charge in [-0.3, -0.25) is 14.6 Å². The second-order valence-corrected chi connectivity index (χ2v) is 7.91. The van der Waals surface area contributed by atoms with Gasteiger partial charge in [-0.05, 0) is 64.4 Å². The Labute approximate surface area is 173 Å². The van der Waals surface area contributed by atoms with Crippen LogP contribution in [0, 0.1) is 13.8 Å². The van der Waals surface area contributed by atoms with Crippen molar-refractivity contribution >= 4 is 11.5 Å². The molecule has 1 fully saturated rings. The summed E-state index contributed by atoms with van der Waals surface area (Å²) in [6.45, 7) is 10.4. The first-order valence-electron chi connectivity index (χ1n) is 10.5. The first-order valence-corrected chi connectivity index (χ1v) is 10.5. The van der Waals surface area contributed by atoms with Gasteiger partial charge in [0.15, 0.2) is 0 Å². The minimum absolute atomic E-state index is 0.483. The second kappa shape index (κ2) is 8.74. The summed E-state index contributed by atoms with van der Waals surface area (Å²) in [7, 11) is 0. The molecule has 3 aromatic rings. The first-order chi connectivity index (χ1) is 14.1. The summed E-state index contributed by atoms with van der Waals surface area (Å²) in [4.78, 5) is 11.8. The van der Waals surface area contributed by atoms with E-state index >= 15 is 0 Å². The Morgan fingerprint density at radius 1 is 1.14 bits per heavy atom. The molecule has 6 nitrogen and oxygen atoms in total. The molecule has 0 amide bonds. The third kappa shape index (κ3) is 4.65. The highest BCUT2D eigenvalue weighted by Crippen LogP contribution is 2.28. The number of aromatic nitrogens is 4. The van der Waals surface area contributed by atoms with Gasteiger partial charge in [0, 0.05) is 48.2 Å². The first kappa shape index (κ1) is 19.6. The molecule has 0 bridgehead atoms. The monoisotopic (exact) mass is 390 g/mol. The van der Waals surface area contributed by atoms with Gasteiger partial charge in [0.05, 0.1) is 18.1 Å². The Hall–Kier alpha value is -2.73. The largest absolute Gasteiger partial charge is 0.339 e. The van der Waals surface area contributed by atoms with Crippen LogP contribution in [0.4, 0.5) is 11.5 Å². The van der Waals surface area contributed by atoms with E-state index in [0.29, 0.717) is 5.92 Å². The summed E-state index contributed by atoms with van der Waals surface area (Å²) in [5.74, 6) is 1.34. The molecule has 1 unspecified atom stereocenters. The van der Waals surface area contributed by atoms with Crippen LogP contribution in [0.2, 0.25) is 0 Å². The van der Waals surface area contributed by atoms with E-state index in [-0.39, 0.29) is 0 Å². The van der Waals surface area contributed by atoms with E-state index in [1.807, 2.05) is 37.5 Å². The molecular formula is C23H30N6. The molecule has 1 aliphatic rings. The molecular weight excluding hydrogens is 360 g/mol. The van der Waals surface area contributed by atoms with Crippen molar-refractivity contribution in [3.63, 3.8) is 0 Å². The number of aryl methyl sites for hydroxylation is 2. The average molecular weight is 391 g/mol. The highest BCUT2D eigenvalue weighted by Gasteiger charge is 2.23. The number of pyridine rings is 2. The maximum absolute atomic E-state index is 4.76. The van der Waals surface area contributed by atoms with E-state index < -0.39 is 0 Å². The average Bonchev–Trinajstić information content (AvgIpc) is 3.08.